The van der Waals surface area contributed by atoms with Crippen LogP contribution in [0.15, 0.2) is 11.6 Å². The standard InChI is InChI=1S/C18H24N4OS/c1-12-9-19-13(2)17(20-12)23-16-5-7-22(8-6-16)10-15-11-24-18(21-15)14-3-4-14/h9,11,14,16H,3-8,10H2,1-2H3. The third-order valence-corrected chi connectivity index (χ3v) is 5.78. The third kappa shape index (κ3) is 3.75. The molecule has 0 aromatic carbocycles. The zero-order valence-electron chi connectivity index (χ0n) is 14.4. The summed E-state index contributed by atoms with van der Waals surface area (Å²) in [5.74, 6) is 1.46. The van der Waals surface area contributed by atoms with Crippen molar-refractivity contribution < 1.29 is 4.74 Å². The number of nitrogens with zero attached hydrogens (tertiary/aromatic N) is 4. The highest BCUT2D eigenvalue weighted by atomic mass is 32.1. The van der Waals surface area contributed by atoms with Crippen LogP contribution in [0.3, 0.4) is 0 Å². The molecule has 0 N–H and O–H groups in total. The average molecular weight is 344 g/mol. The van der Waals surface area contributed by atoms with Crippen molar-refractivity contribution in [2.45, 2.75) is 58.1 Å². The van der Waals surface area contributed by atoms with Crippen LogP contribution in [0.25, 0.3) is 0 Å². The SMILES string of the molecule is Cc1cnc(C)c(OC2CCN(Cc3csc(C4CC4)n3)CC2)n1. The van der Waals surface area contributed by atoms with Crippen LogP contribution >= 0.6 is 11.3 Å². The van der Waals surface area contributed by atoms with E-state index >= 15 is 0 Å². The Labute approximate surface area is 147 Å². The van der Waals surface area contributed by atoms with E-state index in [0.29, 0.717) is 5.88 Å². The van der Waals surface area contributed by atoms with Gasteiger partial charge in [-0.15, -0.1) is 11.3 Å². The van der Waals surface area contributed by atoms with E-state index in [1.807, 2.05) is 25.2 Å². The molecule has 0 bridgehead atoms. The van der Waals surface area contributed by atoms with Crippen molar-refractivity contribution in [3.05, 3.63) is 33.7 Å². The van der Waals surface area contributed by atoms with Crippen molar-refractivity contribution in [1.29, 1.82) is 0 Å². The fourth-order valence-corrected chi connectivity index (χ4v) is 4.09. The van der Waals surface area contributed by atoms with Gasteiger partial charge >= 0.3 is 0 Å². The Morgan fingerprint density at radius 3 is 2.71 bits per heavy atom. The predicted molar refractivity (Wildman–Crippen MR) is 94.5 cm³/mol. The normalized spacial score (nSPS) is 19.6. The van der Waals surface area contributed by atoms with Gasteiger partial charge in [0.25, 0.3) is 0 Å². The van der Waals surface area contributed by atoms with Crippen LogP contribution in [0.1, 0.15) is 53.7 Å². The molecule has 1 aliphatic heterocycles. The molecular formula is C18H24N4OS. The van der Waals surface area contributed by atoms with Gasteiger partial charge < -0.3 is 4.74 Å². The summed E-state index contributed by atoms with van der Waals surface area (Å²) in [5, 5.41) is 3.58. The van der Waals surface area contributed by atoms with E-state index in [1.165, 1.54) is 23.5 Å². The molecule has 1 aliphatic carbocycles. The lowest BCUT2D eigenvalue weighted by atomic mass is 10.1. The molecule has 6 heteroatoms. The molecule has 1 saturated carbocycles. The maximum Gasteiger partial charge on any atom is 0.235 e. The van der Waals surface area contributed by atoms with Gasteiger partial charge in [-0.3, -0.25) is 9.88 Å². The van der Waals surface area contributed by atoms with E-state index < -0.39 is 0 Å². The molecule has 0 amide bonds. The Kier molecular flexibility index (Phi) is 4.50. The van der Waals surface area contributed by atoms with Crippen molar-refractivity contribution in [3.63, 3.8) is 0 Å². The first-order chi connectivity index (χ1) is 11.7. The highest BCUT2D eigenvalue weighted by Gasteiger charge is 2.27. The monoisotopic (exact) mass is 344 g/mol. The molecule has 3 heterocycles. The largest absolute Gasteiger partial charge is 0.473 e. The molecule has 0 radical (unpaired) electrons. The Hall–Kier alpha value is -1.53. The molecule has 5 nitrogen and oxygen atoms in total. The van der Waals surface area contributed by atoms with E-state index in [9.17, 15) is 0 Å². The van der Waals surface area contributed by atoms with Crippen molar-refractivity contribution in [2.24, 2.45) is 0 Å². The molecule has 0 unspecified atom stereocenters. The summed E-state index contributed by atoms with van der Waals surface area (Å²) >= 11 is 1.84. The van der Waals surface area contributed by atoms with Gasteiger partial charge in [-0.05, 0) is 39.5 Å². The van der Waals surface area contributed by atoms with E-state index in [-0.39, 0.29) is 6.10 Å². The van der Waals surface area contributed by atoms with Crippen molar-refractivity contribution in [3.8, 4) is 5.88 Å². The minimum absolute atomic E-state index is 0.244. The van der Waals surface area contributed by atoms with Crippen LogP contribution in [0.5, 0.6) is 5.88 Å². The molecule has 0 atom stereocenters. The van der Waals surface area contributed by atoms with E-state index in [4.69, 9.17) is 9.72 Å². The number of aromatic nitrogens is 3. The predicted octanol–water partition coefficient (Wildman–Crippen LogP) is 3.47. The van der Waals surface area contributed by atoms with E-state index in [0.717, 1.165) is 49.8 Å². The lowest BCUT2D eigenvalue weighted by Gasteiger charge is -2.31. The third-order valence-electron chi connectivity index (χ3n) is 4.73. The number of rotatable bonds is 5. The van der Waals surface area contributed by atoms with Gasteiger partial charge in [-0.25, -0.2) is 9.97 Å². The maximum absolute atomic E-state index is 6.10. The van der Waals surface area contributed by atoms with Crippen molar-refractivity contribution >= 4 is 11.3 Å². The summed E-state index contributed by atoms with van der Waals surface area (Å²) in [5.41, 5.74) is 3.02. The summed E-state index contributed by atoms with van der Waals surface area (Å²) in [7, 11) is 0. The molecule has 2 fully saturated rings. The smallest absolute Gasteiger partial charge is 0.235 e. The maximum atomic E-state index is 6.10. The summed E-state index contributed by atoms with van der Waals surface area (Å²) in [6.07, 6.45) is 6.76. The van der Waals surface area contributed by atoms with Crippen molar-refractivity contribution in [1.82, 2.24) is 19.9 Å². The fourth-order valence-electron chi connectivity index (χ4n) is 3.11. The Morgan fingerprint density at radius 1 is 1.17 bits per heavy atom. The van der Waals surface area contributed by atoms with Crippen molar-refractivity contribution in [2.75, 3.05) is 13.1 Å². The summed E-state index contributed by atoms with van der Waals surface area (Å²) in [4.78, 5) is 16.1. The molecule has 128 valence electrons. The Bertz CT molecular complexity index is 705. The second-order valence-corrected chi connectivity index (χ2v) is 7.84. The highest BCUT2D eigenvalue weighted by Crippen LogP contribution is 2.41. The second kappa shape index (κ2) is 6.76. The van der Waals surface area contributed by atoms with Gasteiger partial charge in [0.15, 0.2) is 0 Å². The van der Waals surface area contributed by atoms with E-state index in [2.05, 4.69) is 20.2 Å². The summed E-state index contributed by atoms with van der Waals surface area (Å²) in [6, 6.07) is 0. The van der Waals surface area contributed by atoms with E-state index in [1.54, 1.807) is 6.20 Å². The molecular weight excluding hydrogens is 320 g/mol. The van der Waals surface area contributed by atoms with Gasteiger partial charge in [0.2, 0.25) is 5.88 Å². The number of aryl methyl sites for hydroxylation is 2. The minimum atomic E-state index is 0.244. The number of thiazole rings is 1. The van der Waals surface area contributed by atoms with Crippen LogP contribution in [-0.4, -0.2) is 39.0 Å². The number of likely N-dealkylation sites (tertiary alicyclic amines) is 1. The lowest BCUT2D eigenvalue weighted by Crippen LogP contribution is -2.38. The van der Waals surface area contributed by atoms with Crippen LogP contribution in [0.4, 0.5) is 0 Å². The molecule has 1 saturated heterocycles. The van der Waals surface area contributed by atoms with Crippen LogP contribution in [-0.2, 0) is 6.54 Å². The topological polar surface area (TPSA) is 51.1 Å². The quantitative estimate of drug-likeness (QED) is 0.831. The number of hydrogen-bond donors (Lipinski definition) is 0. The van der Waals surface area contributed by atoms with Crippen LogP contribution < -0.4 is 4.74 Å². The molecule has 24 heavy (non-hydrogen) atoms. The van der Waals surface area contributed by atoms with Gasteiger partial charge in [-0.2, -0.15) is 0 Å². The first kappa shape index (κ1) is 16.0. The molecule has 0 spiro atoms. The fraction of sp³-hybridized carbons (Fsp3) is 0.611. The zero-order chi connectivity index (χ0) is 16.5. The first-order valence-corrected chi connectivity index (χ1v) is 9.69. The lowest BCUT2D eigenvalue weighted by molar-refractivity contribution is 0.0915. The van der Waals surface area contributed by atoms with Gasteiger partial charge in [-0.1, -0.05) is 0 Å². The zero-order valence-corrected chi connectivity index (χ0v) is 15.2. The number of ether oxygens (including phenoxy) is 1. The summed E-state index contributed by atoms with van der Waals surface area (Å²) in [6.45, 7) is 6.99. The first-order valence-electron chi connectivity index (χ1n) is 8.81. The van der Waals surface area contributed by atoms with Gasteiger partial charge in [0.05, 0.1) is 22.1 Å². The minimum Gasteiger partial charge on any atom is -0.473 e. The molecule has 2 aliphatic rings. The molecule has 4 rings (SSSR count). The van der Waals surface area contributed by atoms with Gasteiger partial charge in [0.1, 0.15) is 6.10 Å². The number of piperidine rings is 1. The highest BCUT2D eigenvalue weighted by molar-refractivity contribution is 7.09. The average Bonchev–Trinajstić information content (AvgIpc) is 3.33. The Morgan fingerprint density at radius 2 is 1.96 bits per heavy atom. The number of hydrogen-bond acceptors (Lipinski definition) is 6. The van der Waals surface area contributed by atoms with Crippen LogP contribution in [0, 0.1) is 13.8 Å². The summed E-state index contributed by atoms with van der Waals surface area (Å²) < 4.78 is 6.10. The van der Waals surface area contributed by atoms with Gasteiger partial charge in [0, 0.05) is 37.1 Å². The van der Waals surface area contributed by atoms with Crippen LogP contribution in [0.2, 0.25) is 0 Å². The second-order valence-electron chi connectivity index (χ2n) is 6.95. The Balaban J connectivity index is 1.29. The molecule has 2 aromatic heterocycles. The molecule has 2 aromatic rings.